The Morgan fingerprint density at radius 1 is 1.55 bits per heavy atom. The Morgan fingerprint density at radius 3 is 2.95 bits per heavy atom. The van der Waals surface area contributed by atoms with Crippen LogP contribution in [-0.2, 0) is 0 Å². The molecular formula is C11H9F2N5O3S. The molecule has 1 heterocycles. The number of non-ortho nitro benzene ring substituents is 1. The van der Waals surface area contributed by atoms with Gasteiger partial charge in [0.25, 0.3) is 5.69 Å². The fourth-order valence-corrected chi connectivity index (χ4v) is 1.92. The number of nitro groups is 1. The number of aromatic nitrogens is 3. The van der Waals surface area contributed by atoms with Crippen molar-refractivity contribution in [3.8, 4) is 5.75 Å². The van der Waals surface area contributed by atoms with Crippen LogP contribution in [0.4, 0.5) is 14.5 Å². The molecule has 0 N–H and O–H groups in total. The summed E-state index contributed by atoms with van der Waals surface area (Å²) in [5.41, 5.74) is -0.229. The highest BCUT2D eigenvalue weighted by atomic mass is 32.2. The van der Waals surface area contributed by atoms with Crippen LogP contribution in [0, 0.1) is 10.1 Å². The zero-order valence-corrected chi connectivity index (χ0v) is 11.9. The standard InChI is InChI=1S/C11H9F2N5O3S/c1-22-11-16-14-6-17(11)15-5-7-4-8(18(19)20)2-3-9(7)21-10(12)13/h2-6,10H,1H3. The summed E-state index contributed by atoms with van der Waals surface area (Å²) in [4.78, 5) is 10.1. The predicted octanol–water partition coefficient (Wildman–Crippen LogP) is 2.39. The number of nitrogens with zero attached hydrogens (tertiary/aromatic N) is 5. The molecule has 22 heavy (non-hydrogen) atoms. The van der Waals surface area contributed by atoms with Gasteiger partial charge in [0.2, 0.25) is 5.16 Å². The summed E-state index contributed by atoms with van der Waals surface area (Å²) in [5, 5.41) is 22.6. The molecule has 11 heteroatoms. The summed E-state index contributed by atoms with van der Waals surface area (Å²) in [5.74, 6) is -0.219. The molecule has 0 aliphatic rings. The molecule has 1 aromatic carbocycles. The molecule has 0 spiro atoms. The lowest BCUT2D eigenvalue weighted by atomic mass is 10.2. The van der Waals surface area contributed by atoms with E-state index in [-0.39, 0.29) is 17.0 Å². The highest BCUT2D eigenvalue weighted by molar-refractivity contribution is 7.98. The van der Waals surface area contributed by atoms with Gasteiger partial charge in [-0.15, -0.1) is 10.2 Å². The number of alkyl halides is 2. The van der Waals surface area contributed by atoms with Crippen molar-refractivity contribution in [2.45, 2.75) is 11.8 Å². The average Bonchev–Trinajstić information content (AvgIpc) is 2.92. The predicted molar refractivity (Wildman–Crippen MR) is 74.5 cm³/mol. The van der Waals surface area contributed by atoms with Crippen molar-refractivity contribution in [3.05, 3.63) is 40.2 Å². The number of nitro benzene ring substituents is 1. The number of rotatable bonds is 6. The third-order valence-corrected chi connectivity index (χ3v) is 3.06. The van der Waals surface area contributed by atoms with Gasteiger partial charge in [-0.25, -0.2) is 0 Å². The first kappa shape index (κ1) is 15.8. The van der Waals surface area contributed by atoms with Gasteiger partial charge in [-0.3, -0.25) is 10.1 Å². The fourth-order valence-electron chi connectivity index (χ4n) is 1.51. The maximum absolute atomic E-state index is 12.4. The number of halogens is 2. The van der Waals surface area contributed by atoms with Gasteiger partial charge in [0.05, 0.1) is 11.1 Å². The smallest absolute Gasteiger partial charge is 0.387 e. The second kappa shape index (κ2) is 6.93. The molecule has 1 aromatic heterocycles. The molecule has 116 valence electrons. The van der Waals surface area contributed by atoms with Gasteiger partial charge in [-0.1, -0.05) is 11.8 Å². The van der Waals surface area contributed by atoms with E-state index in [1.165, 1.54) is 22.8 Å². The van der Waals surface area contributed by atoms with Crippen molar-refractivity contribution in [2.24, 2.45) is 5.10 Å². The molecule has 0 aliphatic heterocycles. The highest BCUT2D eigenvalue weighted by Gasteiger charge is 2.14. The van der Waals surface area contributed by atoms with Gasteiger partial charge >= 0.3 is 6.61 Å². The molecule has 0 amide bonds. The van der Waals surface area contributed by atoms with Crippen LogP contribution in [-0.4, -0.2) is 38.9 Å². The van der Waals surface area contributed by atoms with Gasteiger partial charge in [0, 0.05) is 17.7 Å². The lowest BCUT2D eigenvalue weighted by Gasteiger charge is -2.07. The van der Waals surface area contributed by atoms with Crippen molar-refractivity contribution in [2.75, 3.05) is 6.26 Å². The molecular weight excluding hydrogens is 320 g/mol. The Morgan fingerprint density at radius 2 is 2.32 bits per heavy atom. The first-order valence-corrected chi connectivity index (χ1v) is 6.95. The van der Waals surface area contributed by atoms with Crippen LogP contribution in [0.5, 0.6) is 5.75 Å². The number of hydrogen-bond donors (Lipinski definition) is 0. The monoisotopic (exact) mass is 329 g/mol. The summed E-state index contributed by atoms with van der Waals surface area (Å²) >= 11 is 1.28. The van der Waals surface area contributed by atoms with Crippen LogP contribution in [0.1, 0.15) is 5.56 Å². The summed E-state index contributed by atoms with van der Waals surface area (Å²) in [7, 11) is 0. The van der Waals surface area contributed by atoms with Crippen LogP contribution < -0.4 is 4.74 Å². The molecule has 0 radical (unpaired) electrons. The van der Waals surface area contributed by atoms with E-state index in [4.69, 9.17) is 0 Å². The number of thioether (sulfide) groups is 1. The minimum atomic E-state index is -3.05. The van der Waals surface area contributed by atoms with Crippen LogP contribution in [0.2, 0.25) is 0 Å². The highest BCUT2D eigenvalue weighted by Crippen LogP contribution is 2.24. The second-order valence-electron chi connectivity index (χ2n) is 3.76. The van der Waals surface area contributed by atoms with Crippen molar-refractivity contribution in [1.29, 1.82) is 0 Å². The molecule has 0 saturated carbocycles. The lowest BCUT2D eigenvalue weighted by Crippen LogP contribution is -2.05. The topological polar surface area (TPSA) is 95.4 Å². The van der Waals surface area contributed by atoms with E-state index in [0.717, 1.165) is 24.4 Å². The van der Waals surface area contributed by atoms with Crippen LogP contribution in [0.3, 0.4) is 0 Å². The van der Waals surface area contributed by atoms with Crippen molar-refractivity contribution in [1.82, 2.24) is 14.9 Å². The molecule has 2 rings (SSSR count). The Labute approximate surface area is 126 Å². The van der Waals surface area contributed by atoms with E-state index in [9.17, 15) is 18.9 Å². The van der Waals surface area contributed by atoms with E-state index in [1.807, 2.05) is 0 Å². The molecule has 0 saturated heterocycles. The third kappa shape index (κ3) is 3.75. The third-order valence-electron chi connectivity index (χ3n) is 2.42. The summed E-state index contributed by atoms with van der Waals surface area (Å²) < 4.78 is 30.3. The maximum atomic E-state index is 12.4. The van der Waals surface area contributed by atoms with Crippen LogP contribution in [0.15, 0.2) is 34.8 Å². The van der Waals surface area contributed by atoms with Crippen molar-refractivity contribution in [3.63, 3.8) is 0 Å². The Bertz CT molecular complexity index is 707. The number of ether oxygens (including phenoxy) is 1. The number of hydrogen-bond acceptors (Lipinski definition) is 7. The van der Waals surface area contributed by atoms with E-state index in [0.29, 0.717) is 5.16 Å². The molecule has 0 aliphatic carbocycles. The van der Waals surface area contributed by atoms with Gasteiger partial charge in [0.15, 0.2) is 0 Å². The maximum Gasteiger partial charge on any atom is 0.387 e. The van der Waals surface area contributed by atoms with E-state index >= 15 is 0 Å². The van der Waals surface area contributed by atoms with Gasteiger partial charge in [-0.2, -0.15) is 18.6 Å². The fraction of sp³-hybridized carbons (Fsp3) is 0.182. The number of benzene rings is 1. The normalized spacial score (nSPS) is 11.3. The first-order chi connectivity index (χ1) is 10.5. The molecule has 0 fully saturated rings. The average molecular weight is 329 g/mol. The molecule has 8 nitrogen and oxygen atoms in total. The first-order valence-electron chi connectivity index (χ1n) is 5.73. The Hall–Kier alpha value is -2.56. The molecule has 2 aromatic rings. The second-order valence-corrected chi connectivity index (χ2v) is 4.54. The van der Waals surface area contributed by atoms with Crippen LogP contribution in [0.25, 0.3) is 0 Å². The van der Waals surface area contributed by atoms with E-state index < -0.39 is 11.5 Å². The summed E-state index contributed by atoms with van der Waals surface area (Å²) in [6.45, 7) is -3.05. The minimum Gasteiger partial charge on any atom is -0.434 e. The van der Waals surface area contributed by atoms with Gasteiger partial charge < -0.3 is 4.74 Å². The molecule has 0 bridgehead atoms. The van der Waals surface area contributed by atoms with Crippen LogP contribution >= 0.6 is 11.8 Å². The zero-order chi connectivity index (χ0) is 16.1. The summed E-state index contributed by atoms with van der Waals surface area (Å²) in [6, 6.07) is 3.25. The Balaban J connectivity index is 2.37. The van der Waals surface area contributed by atoms with Crippen molar-refractivity contribution < 1.29 is 18.4 Å². The SMILES string of the molecule is CSc1nncn1N=Cc1cc([N+](=O)[O-])ccc1OC(F)F. The van der Waals surface area contributed by atoms with E-state index in [2.05, 4.69) is 20.0 Å². The van der Waals surface area contributed by atoms with E-state index in [1.54, 1.807) is 6.26 Å². The molecule has 0 unspecified atom stereocenters. The Kier molecular flexibility index (Phi) is 4.99. The summed E-state index contributed by atoms with van der Waals surface area (Å²) in [6.07, 6.45) is 4.23. The molecule has 0 atom stereocenters. The minimum absolute atomic E-state index is 0.0373. The van der Waals surface area contributed by atoms with Gasteiger partial charge in [0.1, 0.15) is 12.1 Å². The van der Waals surface area contributed by atoms with Crippen molar-refractivity contribution >= 4 is 23.7 Å². The lowest BCUT2D eigenvalue weighted by molar-refractivity contribution is -0.384. The van der Waals surface area contributed by atoms with Gasteiger partial charge in [-0.05, 0) is 12.3 Å². The largest absolute Gasteiger partial charge is 0.434 e. The quantitative estimate of drug-likeness (QED) is 0.349. The zero-order valence-electron chi connectivity index (χ0n) is 11.1.